The maximum Gasteiger partial charge on any atom is 0.102 e. The first kappa shape index (κ1) is 9.89. The van der Waals surface area contributed by atoms with Crippen molar-refractivity contribution in [3.05, 3.63) is 0 Å². The zero-order valence-corrected chi connectivity index (χ0v) is 7.15. The Hall–Kier alpha value is -0.110. The van der Waals surface area contributed by atoms with Gasteiger partial charge in [0, 0.05) is 6.04 Å². The van der Waals surface area contributed by atoms with Crippen LogP contribution < -0.4 is 5.32 Å². The summed E-state index contributed by atoms with van der Waals surface area (Å²) in [5.74, 6) is 0. The third-order valence-electron chi connectivity index (χ3n) is 1.70. The summed E-state index contributed by atoms with van der Waals surface area (Å²) < 4.78 is 12.8. The Morgan fingerprint density at radius 2 is 2.10 bits per heavy atom. The van der Waals surface area contributed by atoms with Crippen molar-refractivity contribution in [1.29, 1.82) is 0 Å². The Labute approximate surface area is 63.0 Å². The summed E-state index contributed by atoms with van der Waals surface area (Å²) in [7, 11) is 1.86. The Bertz CT molecular complexity index is 75.7. The number of hydrogen-bond donors (Lipinski definition) is 1. The molecule has 0 aromatic rings. The first-order chi connectivity index (χ1) is 4.70. The van der Waals surface area contributed by atoms with Crippen molar-refractivity contribution in [3.8, 4) is 0 Å². The van der Waals surface area contributed by atoms with Crippen LogP contribution in [0.15, 0.2) is 0 Å². The Morgan fingerprint density at radius 3 is 2.50 bits per heavy atom. The SMILES string of the molecule is CCCC(F)CC(C)NC. The highest BCUT2D eigenvalue weighted by Gasteiger charge is 2.08. The molecule has 0 fully saturated rings. The highest BCUT2D eigenvalue weighted by atomic mass is 19.1. The molecule has 0 bridgehead atoms. The van der Waals surface area contributed by atoms with Crippen molar-refractivity contribution in [3.63, 3.8) is 0 Å². The van der Waals surface area contributed by atoms with Crippen LogP contribution in [0.25, 0.3) is 0 Å². The van der Waals surface area contributed by atoms with Crippen molar-refractivity contribution in [2.24, 2.45) is 0 Å². The van der Waals surface area contributed by atoms with Gasteiger partial charge in [-0.3, -0.25) is 0 Å². The molecule has 0 saturated heterocycles. The maximum absolute atomic E-state index is 12.8. The van der Waals surface area contributed by atoms with Gasteiger partial charge in [-0.2, -0.15) is 0 Å². The lowest BCUT2D eigenvalue weighted by Crippen LogP contribution is -2.24. The lowest BCUT2D eigenvalue weighted by Gasteiger charge is -2.12. The van der Waals surface area contributed by atoms with Gasteiger partial charge in [0.25, 0.3) is 0 Å². The van der Waals surface area contributed by atoms with E-state index in [1.54, 1.807) is 0 Å². The number of rotatable bonds is 5. The van der Waals surface area contributed by atoms with Crippen molar-refractivity contribution in [2.75, 3.05) is 7.05 Å². The number of alkyl halides is 1. The second-order valence-corrected chi connectivity index (χ2v) is 2.81. The molecule has 0 saturated carbocycles. The van der Waals surface area contributed by atoms with E-state index in [1.165, 1.54) is 0 Å². The molecule has 2 atom stereocenters. The van der Waals surface area contributed by atoms with Crippen molar-refractivity contribution < 1.29 is 4.39 Å². The first-order valence-corrected chi connectivity index (χ1v) is 4.02. The summed E-state index contributed by atoms with van der Waals surface area (Å²) in [4.78, 5) is 0. The van der Waals surface area contributed by atoms with Crippen LogP contribution in [0.3, 0.4) is 0 Å². The van der Waals surface area contributed by atoms with E-state index in [1.807, 2.05) is 20.9 Å². The third-order valence-corrected chi connectivity index (χ3v) is 1.70. The van der Waals surface area contributed by atoms with Gasteiger partial charge in [-0.1, -0.05) is 13.3 Å². The van der Waals surface area contributed by atoms with Gasteiger partial charge in [-0.05, 0) is 26.8 Å². The van der Waals surface area contributed by atoms with E-state index in [-0.39, 0.29) is 0 Å². The Kier molecular flexibility index (Phi) is 5.60. The molecule has 0 rings (SSSR count). The highest BCUT2D eigenvalue weighted by Crippen LogP contribution is 2.08. The topological polar surface area (TPSA) is 12.0 Å². The predicted molar refractivity (Wildman–Crippen MR) is 42.9 cm³/mol. The van der Waals surface area contributed by atoms with Crippen LogP contribution in [0.2, 0.25) is 0 Å². The van der Waals surface area contributed by atoms with Crippen LogP contribution in [0.5, 0.6) is 0 Å². The quantitative estimate of drug-likeness (QED) is 0.628. The molecular weight excluding hydrogens is 129 g/mol. The minimum Gasteiger partial charge on any atom is -0.317 e. The normalized spacial score (nSPS) is 16.8. The maximum atomic E-state index is 12.8. The van der Waals surface area contributed by atoms with E-state index in [9.17, 15) is 4.39 Å². The lowest BCUT2D eigenvalue weighted by atomic mass is 10.1. The lowest BCUT2D eigenvalue weighted by molar-refractivity contribution is 0.271. The van der Waals surface area contributed by atoms with Crippen molar-refractivity contribution in [1.82, 2.24) is 5.32 Å². The molecule has 0 amide bonds. The number of halogens is 1. The van der Waals surface area contributed by atoms with Crippen LogP contribution in [0.4, 0.5) is 4.39 Å². The molecule has 0 heterocycles. The van der Waals surface area contributed by atoms with E-state index in [2.05, 4.69) is 5.32 Å². The van der Waals surface area contributed by atoms with E-state index in [4.69, 9.17) is 0 Å². The van der Waals surface area contributed by atoms with Gasteiger partial charge in [0.1, 0.15) is 6.17 Å². The van der Waals surface area contributed by atoms with Crippen LogP contribution in [0, 0.1) is 0 Å². The van der Waals surface area contributed by atoms with Gasteiger partial charge < -0.3 is 5.32 Å². The van der Waals surface area contributed by atoms with Crippen LogP contribution >= 0.6 is 0 Å². The molecule has 0 spiro atoms. The van der Waals surface area contributed by atoms with Crippen LogP contribution in [0.1, 0.15) is 33.1 Å². The molecule has 1 N–H and O–H groups in total. The predicted octanol–water partition coefficient (Wildman–Crippen LogP) is 2.12. The number of hydrogen-bond acceptors (Lipinski definition) is 1. The fourth-order valence-electron chi connectivity index (χ4n) is 0.933. The van der Waals surface area contributed by atoms with Gasteiger partial charge >= 0.3 is 0 Å². The fraction of sp³-hybridized carbons (Fsp3) is 1.00. The van der Waals surface area contributed by atoms with Gasteiger partial charge in [-0.25, -0.2) is 4.39 Å². The molecule has 0 radical (unpaired) electrons. The van der Waals surface area contributed by atoms with E-state index < -0.39 is 6.17 Å². The van der Waals surface area contributed by atoms with Gasteiger partial charge in [-0.15, -0.1) is 0 Å². The highest BCUT2D eigenvalue weighted by molar-refractivity contribution is 4.64. The summed E-state index contributed by atoms with van der Waals surface area (Å²) in [6.45, 7) is 4.01. The smallest absolute Gasteiger partial charge is 0.102 e. The average molecular weight is 147 g/mol. The summed E-state index contributed by atoms with van der Waals surface area (Å²) in [6.07, 6.45) is 1.67. The average Bonchev–Trinajstić information content (AvgIpc) is 1.88. The molecule has 10 heavy (non-hydrogen) atoms. The van der Waals surface area contributed by atoms with E-state index in [0.29, 0.717) is 18.9 Å². The molecule has 62 valence electrons. The zero-order valence-electron chi connectivity index (χ0n) is 7.15. The molecule has 0 aliphatic rings. The minimum absolute atomic E-state index is 0.307. The largest absolute Gasteiger partial charge is 0.317 e. The second kappa shape index (κ2) is 5.66. The Morgan fingerprint density at radius 1 is 1.50 bits per heavy atom. The Balaban J connectivity index is 3.27. The van der Waals surface area contributed by atoms with Crippen LogP contribution in [-0.4, -0.2) is 19.3 Å². The van der Waals surface area contributed by atoms with Gasteiger partial charge in [0.15, 0.2) is 0 Å². The molecule has 0 aliphatic carbocycles. The summed E-state index contributed by atoms with van der Waals surface area (Å²) >= 11 is 0. The molecule has 0 aromatic heterocycles. The molecule has 0 aromatic carbocycles. The molecule has 1 nitrogen and oxygen atoms in total. The second-order valence-electron chi connectivity index (χ2n) is 2.81. The third kappa shape index (κ3) is 4.74. The number of nitrogens with one attached hydrogen (secondary N) is 1. The summed E-state index contributed by atoms with van der Waals surface area (Å²) in [5.41, 5.74) is 0. The van der Waals surface area contributed by atoms with Gasteiger partial charge in [0.05, 0.1) is 0 Å². The molecule has 2 unspecified atom stereocenters. The molecular formula is C8H18FN. The zero-order chi connectivity index (χ0) is 7.98. The van der Waals surface area contributed by atoms with Crippen LogP contribution in [-0.2, 0) is 0 Å². The van der Waals surface area contributed by atoms with E-state index >= 15 is 0 Å². The minimum atomic E-state index is -0.618. The standard InChI is InChI=1S/C8H18FN/c1-4-5-8(9)6-7(2)10-3/h7-8,10H,4-6H2,1-3H3. The monoisotopic (exact) mass is 147 g/mol. The first-order valence-electron chi connectivity index (χ1n) is 4.02. The van der Waals surface area contributed by atoms with Crippen molar-refractivity contribution in [2.45, 2.75) is 45.3 Å². The summed E-state index contributed by atoms with van der Waals surface area (Å²) in [5, 5.41) is 3.01. The molecule has 0 aliphatic heterocycles. The van der Waals surface area contributed by atoms with Gasteiger partial charge in [0.2, 0.25) is 0 Å². The fourth-order valence-corrected chi connectivity index (χ4v) is 0.933. The molecule has 2 heteroatoms. The van der Waals surface area contributed by atoms with E-state index in [0.717, 1.165) is 6.42 Å². The van der Waals surface area contributed by atoms with Crippen molar-refractivity contribution >= 4 is 0 Å². The summed E-state index contributed by atoms with van der Waals surface area (Å²) in [6, 6.07) is 0.307.